The van der Waals surface area contributed by atoms with Gasteiger partial charge in [-0.05, 0) is 30.4 Å². The van der Waals surface area contributed by atoms with Gasteiger partial charge in [-0.3, -0.25) is 0 Å². The maximum atomic E-state index is 12.3. The highest BCUT2D eigenvalue weighted by Gasteiger charge is 2.23. The van der Waals surface area contributed by atoms with Crippen LogP contribution >= 0.6 is 0 Å². The van der Waals surface area contributed by atoms with Crippen molar-refractivity contribution in [1.29, 1.82) is 0 Å². The fourth-order valence-corrected chi connectivity index (χ4v) is 3.31. The normalized spacial score (nSPS) is 20.1. The molecule has 0 aliphatic carbocycles. The summed E-state index contributed by atoms with van der Waals surface area (Å²) in [5.41, 5.74) is 3.13. The van der Waals surface area contributed by atoms with Gasteiger partial charge >= 0.3 is 6.09 Å². The number of rotatable bonds is 4. The van der Waals surface area contributed by atoms with Crippen molar-refractivity contribution in [2.45, 2.75) is 32.1 Å². The predicted molar refractivity (Wildman–Crippen MR) is 97.2 cm³/mol. The van der Waals surface area contributed by atoms with E-state index in [2.05, 4.69) is 11.2 Å². The van der Waals surface area contributed by atoms with Gasteiger partial charge in [0, 0.05) is 31.5 Å². The first-order valence-electron chi connectivity index (χ1n) is 9.10. The van der Waals surface area contributed by atoms with E-state index in [9.17, 15) is 4.79 Å². The SMILES string of the molecule is O=C(OCc1ccccc1)N1CC=C(c2cnn(C3CCCCO3)c2)C1. The molecule has 1 aromatic carbocycles. The fraction of sp³-hybridized carbons (Fsp3) is 0.400. The zero-order valence-electron chi connectivity index (χ0n) is 14.7. The third kappa shape index (κ3) is 3.80. The largest absolute Gasteiger partial charge is 0.445 e. The van der Waals surface area contributed by atoms with Gasteiger partial charge in [0.15, 0.2) is 0 Å². The molecule has 0 N–H and O–H groups in total. The van der Waals surface area contributed by atoms with E-state index in [0.29, 0.717) is 19.7 Å². The van der Waals surface area contributed by atoms with Gasteiger partial charge in [0.1, 0.15) is 12.8 Å². The molecule has 1 amide bonds. The summed E-state index contributed by atoms with van der Waals surface area (Å²) in [5, 5.41) is 4.45. The standard InChI is InChI=1S/C20H23N3O3/c24-20(26-15-16-6-2-1-3-7-16)22-10-9-17(13-22)18-12-21-23(14-18)19-8-4-5-11-25-19/h1-3,6-7,9,12,14,19H,4-5,8,10-11,13,15H2. The van der Waals surface area contributed by atoms with E-state index in [4.69, 9.17) is 9.47 Å². The van der Waals surface area contributed by atoms with E-state index < -0.39 is 0 Å². The molecule has 6 nitrogen and oxygen atoms in total. The molecule has 2 aromatic rings. The lowest BCUT2D eigenvalue weighted by Crippen LogP contribution is -2.29. The number of hydrogen-bond acceptors (Lipinski definition) is 4. The van der Waals surface area contributed by atoms with E-state index in [1.807, 2.05) is 47.4 Å². The van der Waals surface area contributed by atoms with Crippen molar-refractivity contribution in [3.05, 3.63) is 59.9 Å². The Bertz CT molecular complexity index is 779. The van der Waals surface area contributed by atoms with Crippen LogP contribution in [0.2, 0.25) is 0 Å². The van der Waals surface area contributed by atoms with Crippen LogP contribution in [0.15, 0.2) is 48.8 Å². The van der Waals surface area contributed by atoms with Gasteiger partial charge in [-0.2, -0.15) is 5.10 Å². The zero-order valence-corrected chi connectivity index (χ0v) is 14.7. The first-order chi connectivity index (χ1) is 12.8. The Morgan fingerprint density at radius 3 is 2.96 bits per heavy atom. The van der Waals surface area contributed by atoms with Gasteiger partial charge in [0.05, 0.1) is 6.20 Å². The molecule has 4 rings (SSSR count). The molecule has 1 aromatic heterocycles. The van der Waals surface area contributed by atoms with Gasteiger partial charge in [-0.15, -0.1) is 0 Å². The number of amides is 1. The van der Waals surface area contributed by atoms with E-state index >= 15 is 0 Å². The number of carbonyl (C=O) groups excluding carboxylic acids is 1. The third-order valence-corrected chi connectivity index (χ3v) is 4.81. The molecule has 0 saturated carbocycles. The molecule has 0 radical (unpaired) electrons. The molecular weight excluding hydrogens is 330 g/mol. The quantitative estimate of drug-likeness (QED) is 0.842. The fourth-order valence-electron chi connectivity index (χ4n) is 3.31. The molecule has 26 heavy (non-hydrogen) atoms. The first-order valence-corrected chi connectivity index (χ1v) is 9.10. The maximum Gasteiger partial charge on any atom is 0.410 e. The van der Waals surface area contributed by atoms with Crippen LogP contribution in [0.4, 0.5) is 4.79 Å². The summed E-state index contributed by atoms with van der Waals surface area (Å²) in [6.45, 7) is 2.20. The highest BCUT2D eigenvalue weighted by atomic mass is 16.6. The molecule has 2 aliphatic heterocycles. The Morgan fingerprint density at radius 1 is 1.27 bits per heavy atom. The van der Waals surface area contributed by atoms with Crippen LogP contribution in [-0.2, 0) is 16.1 Å². The summed E-state index contributed by atoms with van der Waals surface area (Å²) >= 11 is 0. The Morgan fingerprint density at radius 2 is 2.15 bits per heavy atom. The van der Waals surface area contributed by atoms with Crippen LogP contribution < -0.4 is 0 Å². The molecule has 1 fully saturated rings. The van der Waals surface area contributed by atoms with Crippen LogP contribution in [0.1, 0.15) is 36.6 Å². The predicted octanol–water partition coefficient (Wildman–Crippen LogP) is 3.62. The van der Waals surface area contributed by atoms with Crippen LogP contribution in [0.5, 0.6) is 0 Å². The molecule has 0 bridgehead atoms. The highest BCUT2D eigenvalue weighted by Crippen LogP contribution is 2.25. The Hall–Kier alpha value is -2.60. The molecule has 1 atom stereocenters. The minimum atomic E-state index is -0.289. The van der Waals surface area contributed by atoms with Gasteiger partial charge in [-0.25, -0.2) is 9.48 Å². The number of benzene rings is 1. The zero-order chi connectivity index (χ0) is 17.8. The summed E-state index contributed by atoms with van der Waals surface area (Å²) in [6.07, 6.45) is 8.96. The summed E-state index contributed by atoms with van der Waals surface area (Å²) in [6, 6.07) is 9.71. The van der Waals surface area contributed by atoms with E-state index in [0.717, 1.165) is 36.1 Å². The molecule has 1 saturated heterocycles. The number of hydrogen-bond donors (Lipinski definition) is 0. The second-order valence-corrected chi connectivity index (χ2v) is 6.68. The van der Waals surface area contributed by atoms with Crippen molar-refractivity contribution >= 4 is 11.7 Å². The lowest BCUT2D eigenvalue weighted by molar-refractivity contribution is -0.0395. The number of ether oxygens (including phenoxy) is 2. The van der Waals surface area contributed by atoms with Crippen molar-refractivity contribution < 1.29 is 14.3 Å². The number of nitrogens with zero attached hydrogens (tertiary/aromatic N) is 3. The lowest BCUT2D eigenvalue weighted by atomic mass is 10.1. The Balaban J connectivity index is 1.31. The molecule has 136 valence electrons. The van der Waals surface area contributed by atoms with Crippen molar-refractivity contribution in [3.63, 3.8) is 0 Å². The lowest BCUT2D eigenvalue weighted by Gasteiger charge is -2.22. The summed E-state index contributed by atoms with van der Waals surface area (Å²) in [5.74, 6) is 0. The van der Waals surface area contributed by atoms with E-state index in [1.165, 1.54) is 6.42 Å². The minimum absolute atomic E-state index is 0.0337. The average molecular weight is 353 g/mol. The van der Waals surface area contributed by atoms with Crippen LogP contribution in [0.25, 0.3) is 5.57 Å². The number of carbonyl (C=O) groups is 1. The Kier molecular flexibility index (Phi) is 5.02. The first kappa shape index (κ1) is 16.8. The highest BCUT2D eigenvalue weighted by molar-refractivity contribution is 5.76. The van der Waals surface area contributed by atoms with Crippen LogP contribution in [0, 0.1) is 0 Å². The molecule has 1 unspecified atom stereocenters. The molecule has 0 spiro atoms. The second kappa shape index (κ2) is 7.74. The average Bonchev–Trinajstić information content (AvgIpc) is 3.37. The van der Waals surface area contributed by atoms with Crippen molar-refractivity contribution in [1.82, 2.24) is 14.7 Å². The van der Waals surface area contributed by atoms with E-state index in [-0.39, 0.29) is 12.3 Å². The van der Waals surface area contributed by atoms with Gasteiger partial charge in [0.25, 0.3) is 0 Å². The van der Waals surface area contributed by atoms with Gasteiger partial charge in [0.2, 0.25) is 0 Å². The summed E-state index contributed by atoms with van der Waals surface area (Å²) in [4.78, 5) is 14.0. The van der Waals surface area contributed by atoms with Crippen molar-refractivity contribution in [3.8, 4) is 0 Å². The summed E-state index contributed by atoms with van der Waals surface area (Å²) < 4.78 is 13.1. The van der Waals surface area contributed by atoms with Gasteiger partial charge < -0.3 is 14.4 Å². The molecule has 6 heteroatoms. The molecule has 3 heterocycles. The van der Waals surface area contributed by atoms with Gasteiger partial charge in [-0.1, -0.05) is 36.4 Å². The van der Waals surface area contributed by atoms with Crippen LogP contribution in [0.3, 0.4) is 0 Å². The topological polar surface area (TPSA) is 56.6 Å². The Labute approximate surface area is 153 Å². The molecular formula is C20H23N3O3. The minimum Gasteiger partial charge on any atom is -0.445 e. The van der Waals surface area contributed by atoms with Crippen molar-refractivity contribution in [2.75, 3.05) is 19.7 Å². The third-order valence-electron chi connectivity index (χ3n) is 4.81. The van der Waals surface area contributed by atoms with Crippen molar-refractivity contribution in [2.24, 2.45) is 0 Å². The second-order valence-electron chi connectivity index (χ2n) is 6.68. The maximum absolute atomic E-state index is 12.3. The van der Waals surface area contributed by atoms with E-state index in [1.54, 1.807) is 4.90 Å². The number of aromatic nitrogens is 2. The smallest absolute Gasteiger partial charge is 0.410 e. The molecule has 2 aliphatic rings. The monoisotopic (exact) mass is 353 g/mol. The summed E-state index contributed by atoms with van der Waals surface area (Å²) in [7, 11) is 0. The van der Waals surface area contributed by atoms with Crippen LogP contribution in [-0.4, -0.2) is 40.5 Å².